The lowest BCUT2D eigenvalue weighted by atomic mass is 9.93. The van der Waals surface area contributed by atoms with Crippen molar-refractivity contribution in [2.45, 2.75) is 25.6 Å². The highest BCUT2D eigenvalue weighted by Crippen LogP contribution is 2.24. The Bertz CT molecular complexity index is 1030. The minimum Gasteiger partial charge on any atom is -0.358 e. The molecule has 1 aromatic carbocycles. The predicted molar refractivity (Wildman–Crippen MR) is 98.7 cm³/mol. The minimum atomic E-state index is -0.272. The summed E-state index contributed by atoms with van der Waals surface area (Å²) >= 11 is 0. The van der Waals surface area contributed by atoms with Crippen LogP contribution in [-0.2, 0) is 24.3 Å². The molecule has 1 amide bonds. The molecule has 1 aliphatic rings. The molecule has 6 heteroatoms. The molecule has 0 saturated heterocycles. The molecule has 0 saturated carbocycles. The number of likely N-dealkylation sites (N-methyl/N-ethyl adjacent to an activating group) is 1. The van der Waals surface area contributed by atoms with Crippen LogP contribution in [0.5, 0.6) is 0 Å². The number of nitrogens with zero attached hydrogens (tertiary/aromatic N) is 3. The van der Waals surface area contributed by atoms with Gasteiger partial charge in [0, 0.05) is 32.4 Å². The molecule has 1 unspecified atom stereocenters. The summed E-state index contributed by atoms with van der Waals surface area (Å²) in [6, 6.07) is 14.9. The Morgan fingerprint density at radius 1 is 1.19 bits per heavy atom. The third kappa shape index (κ3) is 2.99. The first-order chi connectivity index (χ1) is 12.7. The van der Waals surface area contributed by atoms with Gasteiger partial charge in [-0.1, -0.05) is 30.3 Å². The van der Waals surface area contributed by atoms with Gasteiger partial charge in [0.1, 0.15) is 5.65 Å². The zero-order chi connectivity index (χ0) is 18.1. The van der Waals surface area contributed by atoms with Gasteiger partial charge in [-0.25, -0.2) is 4.98 Å². The van der Waals surface area contributed by atoms with Crippen LogP contribution in [0.3, 0.4) is 0 Å². The molecule has 0 bridgehead atoms. The number of carbonyl (C=O) groups is 1. The Morgan fingerprint density at radius 2 is 1.96 bits per heavy atom. The van der Waals surface area contributed by atoms with Gasteiger partial charge in [0.15, 0.2) is 0 Å². The van der Waals surface area contributed by atoms with Gasteiger partial charge >= 0.3 is 0 Å². The number of fused-ring (bicyclic) bond motifs is 2. The number of hydrogen-bond acceptors (Lipinski definition) is 4. The third-order valence-corrected chi connectivity index (χ3v) is 4.88. The molecule has 2 aromatic heterocycles. The molecular formula is C20H20N4O2. The first kappa shape index (κ1) is 16.5. The number of hydrogen-bond donors (Lipinski definition) is 1. The standard InChI is InChI=1S/C20H20N4O2/c1-21-20(26)17-10-14-6-2-3-7-15(14)12-23(17)13-16-11-19(25)24-9-5-4-8-18(24)22-16/h2-9,11,17H,10,12-13H2,1H3,(H,21,26). The van der Waals surface area contributed by atoms with Crippen molar-refractivity contribution in [3.63, 3.8) is 0 Å². The van der Waals surface area contributed by atoms with E-state index in [1.807, 2.05) is 24.3 Å². The summed E-state index contributed by atoms with van der Waals surface area (Å²) in [4.78, 5) is 31.4. The van der Waals surface area contributed by atoms with Gasteiger partial charge in [-0.15, -0.1) is 0 Å². The van der Waals surface area contributed by atoms with E-state index in [9.17, 15) is 9.59 Å². The first-order valence-electron chi connectivity index (χ1n) is 8.65. The van der Waals surface area contributed by atoms with Crippen molar-refractivity contribution in [2.75, 3.05) is 7.05 Å². The van der Waals surface area contributed by atoms with E-state index in [1.165, 1.54) is 15.5 Å². The van der Waals surface area contributed by atoms with Crippen LogP contribution in [-0.4, -0.2) is 33.3 Å². The fourth-order valence-electron chi connectivity index (χ4n) is 3.56. The molecule has 4 rings (SSSR count). The fraction of sp³-hybridized carbons (Fsp3) is 0.250. The second-order valence-corrected chi connectivity index (χ2v) is 6.52. The van der Waals surface area contributed by atoms with Crippen molar-refractivity contribution >= 4 is 11.6 Å². The van der Waals surface area contributed by atoms with Crippen molar-refractivity contribution in [3.8, 4) is 0 Å². The summed E-state index contributed by atoms with van der Waals surface area (Å²) in [5.74, 6) is -0.0167. The number of carbonyl (C=O) groups excluding carboxylic acids is 1. The number of rotatable bonds is 3. The fourth-order valence-corrected chi connectivity index (χ4v) is 3.56. The average Bonchev–Trinajstić information content (AvgIpc) is 2.67. The molecule has 6 nitrogen and oxygen atoms in total. The lowest BCUT2D eigenvalue weighted by Crippen LogP contribution is -2.49. The van der Waals surface area contributed by atoms with Gasteiger partial charge in [-0.05, 0) is 29.7 Å². The SMILES string of the molecule is CNC(=O)C1Cc2ccccc2CN1Cc1cc(=O)n2ccccc2n1. The zero-order valence-corrected chi connectivity index (χ0v) is 14.6. The average molecular weight is 348 g/mol. The largest absolute Gasteiger partial charge is 0.358 e. The van der Waals surface area contributed by atoms with Crippen LogP contribution in [0.4, 0.5) is 0 Å². The number of benzene rings is 1. The molecular weight excluding hydrogens is 328 g/mol. The number of amides is 1. The molecule has 3 heterocycles. The van der Waals surface area contributed by atoms with E-state index in [-0.39, 0.29) is 17.5 Å². The maximum Gasteiger partial charge on any atom is 0.258 e. The van der Waals surface area contributed by atoms with Crippen LogP contribution in [0.1, 0.15) is 16.8 Å². The lowest BCUT2D eigenvalue weighted by molar-refractivity contribution is -0.126. The zero-order valence-electron chi connectivity index (χ0n) is 14.6. The van der Waals surface area contributed by atoms with Crippen molar-refractivity contribution in [3.05, 3.63) is 81.9 Å². The van der Waals surface area contributed by atoms with Crippen LogP contribution >= 0.6 is 0 Å². The van der Waals surface area contributed by atoms with Gasteiger partial charge in [0.2, 0.25) is 5.91 Å². The van der Waals surface area contributed by atoms with E-state index >= 15 is 0 Å². The van der Waals surface area contributed by atoms with Gasteiger partial charge in [0.25, 0.3) is 5.56 Å². The Labute approximate surface area is 151 Å². The molecule has 1 atom stereocenters. The Balaban J connectivity index is 1.69. The van der Waals surface area contributed by atoms with Crippen molar-refractivity contribution in [1.82, 2.24) is 19.6 Å². The molecule has 0 fully saturated rings. The van der Waals surface area contributed by atoms with Gasteiger partial charge in [-0.2, -0.15) is 0 Å². The summed E-state index contributed by atoms with van der Waals surface area (Å²) in [6.07, 6.45) is 2.36. The molecule has 1 aliphatic heterocycles. The van der Waals surface area contributed by atoms with Crippen molar-refractivity contribution in [1.29, 1.82) is 0 Å². The van der Waals surface area contributed by atoms with Gasteiger partial charge < -0.3 is 5.32 Å². The highest BCUT2D eigenvalue weighted by Gasteiger charge is 2.31. The quantitative estimate of drug-likeness (QED) is 0.776. The Hall–Kier alpha value is -2.99. The maximum atomic E-state index is 12.4. The van der Waals surface area contributed by atoms with Crippen molar-refractivity contribution in [2.24, 2.45) is 0 Å². The molecule has 26 heavy (non-hydrogen) atoms. The second kappa shape index (κ2) is 6.72. The van der Waals surface area contributed by atoms with E-state index in [4.69, 9.17) is 0 Å². The van der Waals surface area contributed by atoms with Gasteiger partial charge in [0.05, 0.1) is 11.7 Å². The number of nitrogens with one attached hydrogen (secondary N) is 1. The van der Waals surface area contributed by atoms with E-state index in [0.717, 1.165) is 0 Å². The smallest absolute Gasteiger partial charge is 0.258 e. The normalized spacial score (nSPS) is 17.0. The third-order valence-electron chi connectivity index (χ3n) is 4.88. The predicted octanol–water partition coefficient (Wildman–Crippen LogP) is 1.37. The second-order valence-electron chi connectivity index (χ2n) is 6.52. The van der Waals surface area contributed by atoms with Crippen LogP contribution < -0.4 is 10.9 Å². The van der Waals surface area contributed by atoms with E-state index in [2.05, 4.69) is 27.3 Å². The van der Waals surface area contributed by atoms with Crippen LogP contribution in [0.15, 0.2) is 59.5 Å². The molecule has 0 spiro atoms. The van der Waals surface area contributed by atoms with Crippen LogP contribution in [0.2, 0.25) is 0 Å². The first-order valence-corrected chi connectivity index (χ1v) is 8.65. The minimum absolute atomic E-state index is 0.0167. The molecule has 1 N–H and O–H groups in total. The Kier molecular flexibility index (Phi) is 4.26. The van der Waals surface area contributed by atoms with Gasteiger partial charge in [-0.3, -0.25) is 18.9 Å². The summed E-state index contributed by atoms with van der Waals surface area (Å²) < 4.78 is 1.52. The summed E-state index contributed by atoms with van der Waals surface area (Å²) in [7, 11) is 1.65. The number of aromatic nitrogens is 2. The monoisotopic (exact) mass is 348 g/mol. The Morgan fingerprint density at radius 3 is 2.77 bits per heavy atom. The molecule has 0 radical (unpaired) electrons. The molecule has 3 aromatic rings. The van der Waals surface area contributed by atoms with Crippen LogP contribution in [0.25, 0.3) is 5.65 Å². The van der Waals surface area contributed by atoms with E-state index in [0.29, 0.717) is 30.9 Å². The summed E-state index contributed by atoms with van der Waals surface area (Å²) in [5, 5.41) is 2.76. The molecule has 0 aliphatic carbocycles. The topological polar surface area (TPSA) is 66.7 Å². The summed E-state index contributed by atoms with van der Waals surface area (Å²) in [6.45, 7) is 1.11. The summed E-state index contributed by atoms with van der Waals surface area (Å²) in [5.41, 5.74) is 3.59. The lowest BCUT2D eigenvalue weighted by Gasteiger charge is -2.35. The van der Waals surface area contributed by atoms with E-state index in [1.54, 1.807) is 25.4 Å². The number of pyridine rings is 1. The van der Waals surface area contributed by atoms with E-state index < -0.39 is 0 Å². The molecule has 132 valence electrons. The highest BCUT2D eigenvalue weighted by molar-refractivity contribution is 5.82. The highest BCUT2D eigenvalue weighted by atomic mass is 16.2. The maximum absolute atomic E-state index is 12.4. The van der Waals surface area contributed by atoms with Crippen molar-refractivity contribution < 1.29 is 4.79 Å². The van der Waals surface area contributed by atoms with Crippen LogP contribution in [0, 0.1) is 0 Å².